The van der Waals surface area contributed by atoms with Gasteiger partial charge in [0.15, 0.2) is 0 Å². The van der Waals surface area contributed by atoms with Crippen molar-refractivity contribution in [1.29, 1.82) is 0 Å². The number of halogens is 1. The second-order valence-electron chi connectivity index (χ2n) is 3.48. The van der Waals surface area contributed by atoms with E-state index in [1.54, 1.807) is 0 Å². The van der Waals surface area contributed by atoms with Crippen molar-refractivity contribution >= 4 is 12.4 Å². The third-order valence-electron chi connectivity index (χ3n) is 2.39. The maximum Gasteiger partial charge on any atom is 0.127 e. The van der Waals surface area contributed by atoms with Crippen LogP contribution in [-0.4, -0.2) is 35.1 Å². The molecule has 4 N–H and O–H groups in total. The minimum atomic E-state index is -0.237. The van der Waals surface area contributed by atoms with E-state index in [4.69, 9.17) is 9.84 Å². The molecule has 5 nitrogen and oxygen atoms in total. The summed E-state index contributed by atoms with van der Waals surface area (Å²) in [6.07, 6.45) is 0. The standard InChI is InChI=1S/C10H13NO4.ClH/c12-6-3-8(13)10(9(14)4-6)7-5-15-2-1-11-7;/h3-4,7,11-14H,1-2,5H2;1H/t7-;/m1./s1. The molecule has 16 heavy (non-hydrogen) atoms. The van der Waals surface area contributed by atoms with E-state index in [0.29, 0.717) is 25.3 Å². The summed E-state index contributed by atoms with van der Waals surface area (Å²) in [7, 11) is 0. The lowest BCUT2D eigenvalue weighted by atomic mass is 10.0. The largest absolute Gasteiger partial charge is 0.508 e. The van der Waals surface area contributed by atoms with E-state index < -0.39 is 0 Å². The minimum absolute atomic E-state index is 0. The Morgan fingerprint density at radius 2 is 1.81 bits per heavy atom. The highest BCUT2D eigenvalue weighted by atomic mass is 35.5. The first kappa shape index (κ1) is 12.9. The van der Waals surface area contributed by atoms with E-state index in [1.807, 2.05) is 0 Å². The molecule has 1 fully saturated rings. The molecular weight excluding hydrogens is 234 g/mol. The number of benzene rings is 1. The van der Waals surface area contributed by atoms with Crippen molar-refractivity contribution in [3.8, 4) is 17.2 Å². The van der Waals surface area contributed by atoms with Crippen molar-refractivity contribution in [1.82, 2.24) is 5.32 Å². The molecule has 0 radical (unpaired) electrons. The summed E-state index contributed by atoms with van der Waals surface area (Å²) in [4.78, 5) is 0. The van der Waals surface area contributed by atoms with Crippen LogP contribution >= 0.6 is 12.4 Å². The van der Waals surface area contributed by atoms with E-state index in [0.717, 1.165) is 0 Å². The van der Waals surface area contributed by atoms with Crippen LogP contribution in [-0.2, 0) is 4.74 Å². The van der Waals surface area contributed by atoms with Gasteiger partial charge in [0.2, 0.25) is 0 Å². The number of morpholine rings is 1. The van der Waals surface area contributed by atoms with Gasteiger partial charge in [-0.1, -0.05) is 0 Å². The van der Waals surface area contributed by atoms with Crippen LogP contribution in [0.1, 0.15) is 11.6 Å². The van der Waals surface area contributed by atoms with Gasteiger partial charge in [0.05, 0.1) is 24.8 Å². The zero-order valence-corrected chi connectivity index (χ0v) is 9.33. The summed E-state index contributed by atoms with van der Waals surface area (Å²) in [5.74, 6) is -0.420. The van der Waals surface area contributed by atoms with Crippen LogP contribution < -0.4 is 5.32 Å². The molecule has 0 bridgehead atoms. The zero-order valence-electron chi connectivity index (χ0n) is 8.51. The van der Waals surface area contributed by atoms with Crippen LogP contribution in [0.2, 0.25) is 0 Å². The lowest BCUT2D eigenvalue weighted by molar-refractivity contribution is 0.0752. The van der Waals surface area contributed by atoms with Gasteiger partial charge in [-0.25, -0.2) is 0 Å². The first-order valence-electron chi connectivity index (χ1n) is 4.74. The molecule has 1 atom stereocenters. The van der Waals surface area contributed by atoms with Gasteiger partial charge < -0.3 is 25.4 Å². The average Bonchev–Trinajstić information content (AvgIpc) is 2.17. The lowest BCUT2D eigenvalue weighted by Crippen LogP contribution is -2.34. The second kappa shape index (κ2) is 5.25. The van der Waals surface area contributed by atoms with Gasteiger partial charge in [0.1, 0.15) is 17.2 Å². The van der Waals surface area contributed by atoms with Crippen molar-refractivity contribution in [2.24, 2.45) is 0 Å². The maximum absolute atomic E-state index is 9.61. The Morgan fingerprint density at radius 3 is 2.31 bits per heavy atom. The first-order chi connectivity index (χ1) is 7.18. The smallest absolute Gasteiger partial charge is 0.127 e. The van der Waals surface area contributed by atoms with Crippen LogP contribution in [0.4, 0.5) is 0 Å². The van der Waals surface area contributed by atoms with Gasteiger partial charge in [-0.15, -0.1) is 12.4 Å². The summed E-state index contributed by atoms with van der Waals surface area (Å²) in [5, 5.41) is 31.5. The molecule has 0 aromatic heterocycles. The number of hydrogen-bond donors (Lipinski definition) is 4. The number of phenols is 3. The molecular formula is C10H14ClNO4. The van der Waals surface area contributed by atoms with Gasteiger partial charge >= 0.3 is 0 Å². The van der Waals surface area contributed by atoms with Crippen LogP contribution in [0.3, 0.4) is 0 Å². The Balaban J connectivity index is 0.00000128. The average molecular weight is 248 g/mol. The van der Waals surface area contributed by atoms with Crippen molar-refractivity contribution in [3.05, 3.63) is 17.7 Å². The quantitative estimate of drug-likeness (QED) is 0.593. The molecule has 0 spiro atoms. The van der Waals surface area contributed by atoms with Crippen LogP contribution in [0.5, 0.6) is 17.2 Å². The summed E-state index contributed by atoms with van der Waals surface area (Å²) in [6.45, 7) is 1.69. The molecule has 90 valence electrons. The van der Waals surface area contributed by atoms with Gasteiger partial charge in [0.25, 0.3) is 0 Å². The Morgan fingerprint density at radius 1 is 1.19 bits per heavy atom. The number of hydrogen-bond acceptors (Lipinski definition) is 5. The molecule has 0 saturated carbocycles. The fraction of sp³-hybridized carbons (Fsp3) is 0.400. The molecule has 6 heteroatoms. The third-order valence-corrected chi connectivity index (χ3v) is 2.39. The number of phenolic OH excluding ortho intramolecular Hbond substituents is 3. The minimum Gasteiger partial charge on any atom is -0.508 e. The molecule has 1 aromatic rings. The van der Waals surface area contributed by atoms with E-state index >= 15 is 0 Å². The van der Waals surface area contributed by atoms with Crippen molar-refractivity contribution in [2.45, 2.75) is 6.04 Å². The lowest BCUT2D eigenvalue weighted by Gasteiger charge is -2.25. The fourth-order valence-electron chi connectivity index (χ4n) is 1.72. The van der Waals surface area contributed by atoms with Gasteiger partial charge in [-0.2, -0.15) is 0 Å². The van der Waals surface area contributed by atoms with E-state index in [9.17, 15) is 10.2 Å². The maximum atomic E-state index is 9.61. The Labute approximate surface area is 99.1 Å². The summed E-state index contributed by atoms with van der Waals surface area (Å²) in [5.41, 5.74) is 0.368. The number of ether oxygens (including phenoxy) is 1. The Hall–Kier alpha value is -1.17. The van der Waals surface area contributed by atoms with E-state index in [1.165, 1.54) is 12.1 Å². The van der Waals surface area contributed by atoms with Crippen molar-refractivity contribution < 1.29 is 20.1 Å². The zero-order chi connectivity index (χ0) is 10.8. The van der Waals surface area contributed by atoms with E-state index in [2.05, 4.69) is 5.32 Å². The van der Waals surface area contributed by atoms with Crippen molar-refractivity contribution in [3.63, 3.8) is 0 Å². The van der Waals surface area contributed by atoms with Crippen LogP contribution in [0.15, 0.2) is 12.1 Å². The highest BCUT2D eigenvalue weighted by molar-refractivity contribution is 5.85. The van der Waals surface area contributed by atoms with Gasteiger partial charge in [0, 0.05) is 18.7 Å². The normalized spacial score (nSPS) is 20.1. The predicted octanol–water partition coefficient (Wildman–Crippen LogP) is 0.886. The molecule has 1 saturated heterocycles. The predicted molar refractivity (Wildman–Crippen MR) is 60.2 cm³/mol. The molecule has 1 heterocycles. The highest BCUT2D eigenvalue weighted by Gasteiger charge is 2.22. The topological polar surface area (TPSA) is 82.0 Å². The molecule has 0 aliphatic carbocycles. The Kier molecular flexibility index (Phi) is 4.23. The van der Waals surface area contributed by atoms with Crippen LogP contribution in [0.25, 0.3) is 0 Å². The molecule has 1 aromatic carbocycles. The van der Waals surface area contributed by atoms with Crippen LogP contribution in [0, 0.1) is 0 Å². The Bertz CT molecular complexity index is 343. The van der Waals surface area contributed by atoms with E-state index in [-0.39, 0.29) is 35.7 Å². The fourth-order valence-corrected chi connectivity index (χ4v) is 1.72. The SMILES string of the molecule is Cl.Oc1cc(O)c([C@H]2COCCN2)c(O)c1. The van der Waals surface area contributed by atoms with Crippen molar-refractivity contribution in [2.75, 3.05) is 19.8 Å². The summed E-state index contributed by atoms with van der Waals surface area (Å²) < 4.78 is 5.23. The number of aromatic hydroxyl groups is 3. The molecule has 0 amide bonds. The van der Waals surface area contributed by atoms with Gasteiger partial charge in [-0.3, -0.25) is 0 Å². The summed E-state index contributed by atoms with van der Waals surface area (Å²) in [6, 6.07) is 2.16. The molecule has 2 rings (SSSR count). The van der Waals surface area contributed by atoms with Gasteiger partial charge in [-0.05, 0) is 0 Å². The molecule has 0 unspecified atom stereocenters. The third kappa shape index (κ3) is 2.49. The monoisotopic (exact) mass is 247 g/mol. The molecule has 1 aliphatic rings. The molecule has 1 aliphatic heterocycles. The first-order valence-corrected chi connectivity index (χ1v) is 4.74. The number of nitrogens with one attached hydrogen (secondary N) is 1. The highest BCUT2D eigenvalue weighted by Crippen LogP contribution is 2.36. The second-order valence-corrected chi connectivity index (χ2v) is 3.48. The summed E-state index contributed by atoms with van der Waals surface area (Å²) >= 11 is 0. The number of rotatable bonds is 1.